The molecule has 0 aromatic carbocycles. The Morgan fingerprint density at radius 2 is 1.43 bits per heavy atom. The van der Waals surface area contributed by atoms with E-state index in [0.29, 0.717) is 0 Å². The first-order valence-electron chi connectivity index (χ1n) is 6.05. The molecule has 0 bridgehead atoms. The molecule has 1 aromatic rings. The zero-order valence-electron chi connectivity index (χ0n) is 11.1. The topological polar surface area (TPSA) is 47.6 Å². The lowest BCUT2D eigenvalue weighted by Gasteiger charge is -2.22. The molecule has 120 valence electrons. The quantitative estimate of drug-likeness (QED) is 0.728. The van der Waals surface area contributed by atoms with Gasteiger partial charge in [-0.3, -0.25) is 0 Å². The second-order valence-corrected chi connectivity index (χ2v) is 5.46. The molecule has 2 rings (SSSR count). The van der Waals surface area contributed by atoms with Crippen molar-refractivity contribution in [2.45, 2.75) is 18.8 Å². The Labute approximate surface area is 130 Å². The van der Waals surface area contributed by atoms with Gasteiger partial charge in [-0.15, -0.1) is 0 Å². The molecular weight excluding hydrogens is 342 g/mol. The molecule has 0 fully saturated rings. The Hall–Kier alpha value is -2.26. The molecule has 0 saturated carbocycles. The molecule has 1 aliphatic carbocycles. The van der Waals surface area contributed by atoms with Crippen LogP contribution in [0.2, 0.25) is 0 Å². The minimum atomic E-state index is -5.14. The number of hydrogen-bond acceptors (Lipinski definition) is 3. The Bertz CT molecular complexity index is 705. The van der Waals surface area contributed by atoms with Gasteiger partial charge in [-0.1, -0.05) is 0 Å². The van der Waals surface area contributed by atoms with Gasteiger partial charge < -0.3 is 0 Å². The maximum Gasteiger partial charge on any atom is 0.414 e. The lowest BCUT2D eigenvalue weighted by atomic mass is 9.88. The average Bonchev–Trinajstić information content (AvgIpc) is 3.01. The minimum absolute atomic E-state index is 0.278. The molecular formula is C14H6F6N2S. The Morgan fingerprint density at radius 1 is 0.957 bits per heavy atom. The van der Waals surface area contributed by atoms with Gasteiger partial charge in [0.15, 0.2) is 0 Å². The van der Waals surface area contributed by atoms with Crippen molar-refractivity contribution in [3.8, 4) is 12.1 Å². The largest absolute Gasteiger partial charge is 0.414 e. The van der Waals surface area contributed by atoms with Crippen LogP contribution in [0.1, 0.15) is 5.56 Å². The predicted octanol–water partition coefficient (Wildman–Crippen LogP) is 4.69. The van der Waals surface area contributed by atoms with Crippen LogP contribution in [-0.4, -0.2) is 12.4 Å². The number of rotatable bonds is 2. The standard InChI is InChI=1S/C14H6F6N2S/c15-13(16,17)11-8(3-7-1-2-23-6-7)12(14(18,19)20)10(5-22)9(11)4-21/h1-2,6,8H,3H2. The Kier molecular flexibility index (Phi) is 4.27. The highest BCUT2D eigenvalue weighted by atomic mass is 32.1. The number of hydrogen-bond donors (Lipinski definition) is 0. The van der Waals surface area contributed by atoms with E-state index in [4.69, 9.17) is 10.5 Å². The normalized spacial score (nSPS) is 16.7. The van der Waals surface area contributed by atoms with Gasteiger partial charge in [0, 0.05) is 5.92 Å². The maximum atomic E-state index is 13.2. The van der Waals surface area contributed by atoms with E-state index in [0.717, 1.165) is 23.5 Å². The van der Waals surface area contributed by atoms with Crippen LogP contribution in [0, 0.1) is 28.6 Å². The Morgan fingerprint density at radius 3 is 1.74 bits per heavy atom. The van der Waals surface area contributed by atoms with Gasteiger partial charge in [0.25, 0.3) is 0 Å². The van der Waals surface area contributed by atoms with Crippen LogP contribution in [0.5, 0.6) is 0 Å². The summed E-state index contributed by atoms with van der Waals surface area (Å²) >= 11 is 1.13. The smallest absolute Gasteiger partial charge is 0.192 e. The fourth-order valence-corrected chi connectivity index (χ4v) is 3.20. The van der Waals surface area contributed by atoms with Gasteiger partial charge in [-0.25, -0.2) is 0 Å². The van der Waals surface area contributed by atoms with Crippen LogP contribution in [0.4, 0.5) is 26.3 Å². The van der Waals surface area contributed by atoms with Crippen molar-refractivity contribution in [2.75, 3.05) is 0 Å². The predicted molar refractivity (Wildman–Crippen MR) is 68.9 cm³/mol. The van der Waals surface area contributed by atoms with Gasteiger partial charge in [0.2, 0.25) is 0 Å². The number of nitrogens with zero attached hydrogens (tertiary/aromatic N) is 2. The number of thiophene rings is 1. The minimum Gasteiger partial charge on any atom is -0.192 e. The van der Waals surface area contributed by atoms with Crippen molar-refractivity contribution in [1.29, 1.82) is 10.5 Å². The third-order valence-corrected chi connectivity index (χ3v) is 4.07. The third kappa shape index (κ3) is 3.10. The van der Waals surface area contributed by atoms with E-state index in [1.54, 1.807) is 0 Å². The van der Waals surface area contributed by atoms with Crippen molar-refractivity contribution in [2.24, 2.45) is 5.92 Å². The van der Waals surface area contributed by atoms with Gasteiger partial charge in [-0.2, -0.15) is 48.2 Å². The van der Waals surface area contributed by atoms with Crippen LogP contribution < -0.4 is 0 Å². The van der Waals surface area contributed by atoms with E-state index in [9.17, 15) is 26.3 Å². The van der Waals surface area contributed by atoms with Gasteiger partial charge >= 0.3 is 12.4 Å². The number of nitriles is 2. The number of halogens is 6. The lowest BCUT2D eigenvalue weighted by Crippen LogP contribution is -2.27. The lowest BCUT2D eigenvalue weighted by molar-refractivity contribution is -0.111. The summed E-state index contributed by atoms with van der Waals surface area (Å²) in [5.74, 6) is -2.12. The van der Waals surface area contributed by atoms with E-state index in [2.05, 4.69) is 0 Å². The number of alkyl halides is 6. The maximum absolute atomic E-state index is 13.2. The summed E-state index contributed by atoms with van der Waals surface area (Å²) in [5.41, 5.74) is -5.41. The van der Waals surface area contributed by atoms with Crippen LogP contribution >= 0.6 is 11.3 Å². The highest BCUT2D eigenvalue weighted by molar-refractivity contribution is 7.07. The first kappa shape index (κ1) is 17.1. The molecule has 0 N–H and O–H groups in total. The zero-order chi connectivity index (χ0) is 17.4. The van der Waals surface area contributed by atoms with Crippen LogP contribution in [0.15, 0.2) is 39.1 Å². The van der Waals surface area contributed by atoms with Crippen molar-refractivity contribution in [3.63, 3.8) is 0 Å². The van der Waals surface area contributed by atoms with E-state index >= 15 is 0 Å². The fraction of sp³-hybridized carbons (Fsp3) is 0.286. The first-order chi connectivity index (χ1) is 10.6. The molecule has 0 unspecified atom stereocenters. The summed E-state index contributed by atoms with van der Waals surface area (Å²) < 4.78 is 79.4. The van der Waals surface area contributed by atoms with E-state index < -0.39 is 47.0 Å². The van der Waals surface area contributed by atoms with Crippen LogP contribution in [0.3, 0.4) is 0 Å². The van der Waals surface area contributed by atoms with Crippen molar-refractivity contribution < 1.29 is 26.3 Å². The second kappa shape index (κ2) is 5.74. The van der Waals surface area contributed by atoms with Crippen LogP contribution in [0.25, 0.3) is 0 Å². The molecule has 9 heteroatoms. The molecule has 0 spiro atoms. The molecule has 1 heterocycles. The monoisotopic (exact) mass is 348 g/mol. The average molecular weight is 348 g/mol. The Balaban J connectivity index is 2.69. The highest BCUT2D eigenvalue weighted by Crippen LogP contribution is 2.51. The summed E-state index contributed by atoms with van der Waals surface area (Å²) in [5, 5.41) is 20.7. The molecule has 1 aromatic heterocycles. The van der Waals surface area contributed by atoms with E-state index in [-0.39, 0.29) is 5.56 Å². The van der Waals surface area contributed by atoms with Crippen molar-refractivity contribution in [1.82, 2.24) is 0 Å². The summed E-state index contributed by atoms with van der Waals surface area (Å²) in [6.45, 7) is 0. The summed E-state index contributed by atoms with van der Waals surface area (Å²) in [6.07, 6.45) is -10.9. The van der Waals surface area contributed by atoms with Crippen molar-refractivity contribution >= 4 is 11.3 Å². The summed E-state index contributed by atoms with van der Waals surface area (Å²) in [7, 11) is 0. The third-order valence-electron chi connectivity index (χ3n) is 3.34. The van der Waals surface area contributed by atoms with Crippen LogP contribution in [-0.2, 0) is 6.42 Å². The second-order valence-electron chi connectivity index (χ2n) is 4.68. The van der Waals surface area contributed by atoms with E-state index in [1.807, 2.05) is 0 Å². The highest BCUT2D eigenvalue weighted by Gasteiger charge is 2.54. The summed E-state index contributed by atoms with van der Waals surface area (Å²) in [6, 6.07) is 3.64. The molecule has 0 atom stereocenters. The molecule has 0 aliphatic heterocycles. The zero-order valence-corrected chi connectivity index (χ0v) is 11.9. The van der Waals surface area contributed by atoms with E-state index in [1.165, 1.54) is 16.8 Å². The number of allylic oxidation sites excluding steroid dienone is 4. The van der Waals surface area contributed by atoms with Gasteiger partial charge in [0.05, 0.1) is 22.3 Å². The molecule has 23 heavy (non-hydrogen) atoms. The first-order valence-corrected chi connectivity index (χ1v) is 7.00. The molecule has 0 saturated heterocycles. The molecule has 2 nitrogen and oxygen atoms in total. The summed E-state index contributed by atoms with van der Waals surface area (Å²) in [4.78, 5) is 0. The van der Waals surface area contributed by atoms with Crippen molar-refractivity contribution in [3.05, 3.63) is 44.7 Å². The molecule has 0 radical (unpaired) electrons. The SMILES string of the molecule is N#CC1=C(C(F)(F)F)C(Cc2ccsc2)C(C(F)(F)F)=C1C#N. The molecule has 0 amide bonds. The molecule has 1 aliphatic rings. The fourth-order valence-electron chi connectivity index (χ4n) is 2.52. The van der Waals surface area contributed by atoms with Gasteiger partial charge in [-0.05, 0) is 28.8 Å². The van der Waals surface area contributed by atoms with Gasteiger partial charge in [0.1, 0.15) is 12.1 Å².